The van der Waals surface area contributed by atoms with Crippen molar-refractivity contribution in [3.8, 4) is 5.82 Å². The van der Waals surface area contributed by atoms with Crippen LogP contribution < -0.4 is 5.73 Å². The molecule has 2 atom stereocenters. The number of likely N-dealkylation sites (tertiary alicyclic amines) is 1. The summed E-state index contributed by atoms with van der Waals surface area (Å²) in [6, 6.07) is 12.3. The van der Waals surface area contributed by atoms with Crippen molar-refractivity contribution in [3.05, 3.63) is 83.0 Å². The van der Waals surface area contributed by atoms with Crippen LogP contribution in [0.2, 0.25) is 0 Å². The number of aliphatic hydroxyl groups is 1. The molecule has 1 fully saturated rings. The summed E-state index contributed by atoms with van der Waals surface area (Å²) in [7, 11) is 0. The topological polar surface area (TPSA) is 141 Å². The summed E-state index contributed by atoms with van der Waals surface area (Å²) in [5, 5.41) is 28.4. The third kappa shape index (κ3) is 6.89. The van der Waals surface area contributed by atoms with Gasteiger partial charge in [0, 0.05) is 18.9 Å². The van der Waals surface area contributed by atoms with E-state index in [1.807, 2.05) is 6.07 Å². The lowest BCUT2D eigenvalue weighted by Gasteiger charge is -2.39. The van der Waals surface area contributed by atoms with E-state index >= 15 is 0 Å². The van der Waals surface area contributed by atoms with Gasteiger partial charge in [-0.05, 0) is 67.4 Å². The number of pyridine rings is 1. The quantitative estimate of drug-likeness (QED) is 0.403. The SMILES string of the molecule is CC(C)(C)C1CCN(Cc2ccn(-c3ncccc3C(=O)N([O-])C(Cc3ccccc3)C(O)C(N)=O)n2)CC1. The number of hydrogen-bond acceptors (Lipinski definition) is 7. The number of nitrogens with zero attached hydrogens (tertiary/aromatic N) is 5. The molecule has 3 aromatic rings. The molecule has 2 unspecified atom stereocenters. The first-order chi connectivity index (χ1) is 18.5. The minimum Gasteiger partial charge on any atom is -0.756 e. The number of hydroxylamine groups is 2. The molecule has 2 amide bonds. The van der Waals surface area contributed by atoms with Crippen LogP contribution in [0.1, 0.15) is 55.2 Å². The van der Waals surface area contributed by atoms with Gasteiger partial charge in [-0.2, -0.15) is 5.10 Å². The standard InChI is InChI=1S/C29H37N6O4/c1-29(2,3)21-11-15-33(16-12-21)19-22-13-17-34(32-22)27-23(10-7-14-31-27)28(38)35(39)24(25(36)26(30)37)18-20-8-5-4-6-9-20/h4-10,13-14,17,21,24-25,36H,11-12,15-16,18-19H2,1-3H3,(H2,30,37)/q-1. The first-order valence-corrected chi connectivity index (χ1v) is 13.3. The molecule has 4 rings (SSSR count). The highest BCUT2D eigenvalue weighted by Gasteiger charge is 2.31. The van der Waals surface area contributed by atoms with Crippen molar-refractivity contribution >= 4 is 11.8 Å². The van der Waals surface area contributed by atoms with Crippen LogP contribution in [0.15, 0.2) is 60.9 Å². The molecule has 1 saturated heterocycles. The Labute approximate surface area is 229 Å². The van der Waals surface area contributed by atoms with E-state index in [0.717, 1.165) is 31.6 Å². The third-order valence-corrected chi connectivity index (χ3v) is 7.52. The molecule has 10 nitrogen and oxygen atoms in total. The zero-order chi connectivity index (χ0) is 28.2. The molecule has 10 heteroatoms. The van der Waals surface area contributed by atoms with Gasteiger partial charge >= 0.3 is 0 Å². The van der Waals surface area contributed by atoms with Gasteiger partial charge in [-0.25, -0.2) is 9.67 Å². The summed E-state index contributed by atoms with van der Waals surface area (Å²) < 4.78 is 1.48. The summed E-state index contributed by atoms with van der Waals surface area (Å²) in [4.78, 5) is 31.9. The van der Waals surface area contributed by atoms with Crippen LogP contribution in [0.3, 0.4) is 0 Å². The van der Waals surface area contributed by atoms with Crippen LogP contribution in [-0.2, 0) is 17.8 Å². The summed E-state index contributed by atoms with van der Waals surface area (Å²) in [6.07, 6.45) is 3.62. The molecule has 3 N–H and O–H groups in total. The van der Waals surface area contributed by atoms with Crippen molar-refractivity contribution in [2.45, 2.75) is 58.7 Å². The van der Waals surface area contributed by atoms with E-state index in [0.29, 0.717) is 23.4 Å². The maximum Gasteiger partial charge on any atom is 0.248 e. The van der Waals surface area contributed by atoms with Gasteiger partial charge in [0.2, 0.25) is 11.8 Å². The van der Waals surface area contributed by atoms with E-state index in [9.17, 15) is 19.9 Å². The molecule has 1 aliphatic heterocycles. The van der Waals surface area contributed by atoms with E-state index in [-0.39, 0.29) is 22.9 Å². The van der Waals surface area contributed by atoms with Crippen molar-refractivity contribution in [2.24, 2.45) is 17.1 Å². The van der Waals surface area contributed by atoms with Gasteiger partial charge in [0.1, 0.15) is 0 Å². The zero-order valence-electron chi connectivity index (χ0n) is 22.7. The molecule has 2 aromatic heterocycles. The molecule has 0 bridgehead atoms. The maximum absolute atomic E-state index is 13.4. The van der Waals surface area contributed by atoms with Gasteiger partial charge in [0.25, 0.3) is 0 Å². The lowest BCUT2D eigenvalue weighted by Crippen LogP contribution is -2.50. The van der Waals surface area contributed by atoms with E-state index in [4.69, 9.17) is 5.73 Å². The smallest absolute Gasteiger partial charge is 0.248 e. The van der Waals surface area contributed by atoms with Crippen LogP contribution in [-0.4, -0.2) is 66.9 Å². The third-order valence-electron chi connectivity index (χ3n) is 7.52. The van der Waals surface area contributed by atoms with E-state index in [1.54, 1.807) is 42.6 Å². The molecule has 0 radical (unpaired) electrons. The van der Waals surface area contributed by atoms with Crippen molar-refractivity contribution in [1.29, 1.82) is 0 Å². The van der Waals surface area contributed by atoms with E-state index in [2.05, 4.69) is 35.8 Å². The maximum atomic E-state index is 13.4. The number of benzene rings is 1. The Hall–Kier alpha value is -3.60. The Balaban J connectivity index is 1.51. The second-order valence-electron chi connectivity index (χ2n) is 11.3. The number of primary amides is 1. The summed E-state index contributed by atoms with van der Waals surface area (Å²) in [5.41, 5.74) is 7.11. The number of amides is 2. The van der Waals surface area contributed by atoms with Crippen molar-refractivity contribution in [3.63, 3.8) is 0 Å². The van der Waals surface area contributed by atoms with Gasteiger partial charge in [-0.3, -0.25) is 14.5 Å². The average Bonchev–Trinajstić information content (AvgIpc) is 3.39. The second kappa shape index (κ2) is 12.1. The predicted molar refractivity (Wildman–Crippen MR) is 147 cm³/mol. The summed E-state index contributed by atoms with van der Waals surface area (Å²) in [6.45, 7) is 9.56. The fourth-order valence-corrected chi connectivity index (χ4v) is 5.13. The molecule has 1 aliphatic rings. The van der Waals surface area contributed by atoms with Crippen LogP contribution >= 0.6 is 0 Å². The molecule has 39 heavy (non-hydrogen) atoms. The Morgan fingerprint density at radius 2 is 1.82 bits per heavy atom. The minimum atomic E-state index is -1.84. The van der Waals surface area contributed by atoms with E-state index < -0.39 is 24.0 Å². The fraction of sp³-hybridized carbons (Fsp3) is 0.448. The minimum absolute atomic E-state index is 0.00266. The molecular weight excluding hydrogens is 496 g/mol. The van der Waals surface area contributed by atoms with Gasteiger partial charge in [-0.15, -0.1) is 0 Å². The molecule has 1 aromatic carbocycles. The van der Waals surface area contributed by atoms with Crippen LogP contribution in [0.4, 0.5) is 0 Å². The van der Waals surface area contributed by atoms with Crippen molar-refractivity contribution < 1.29 is 14.7 Å². The Bertz CT molecular complexity index is 1260. The highest BCUT2D eigenvalue weighted by atomic mass is 16.5. The van der Waals surface area contributed by atoms with Crippen LogP contribution in [0.5, 0.6) is 0 Å². The lowest BCUT2D eigenvalue weighted by molar-refractivity contribution is -0.128. The number of piperidine rings is 1. The number of carbonyl (C=O) groups is 2. The number of aliphatic hydroxyl groups excluding tert-OH is 1. The van der Waals surface area contributed by atoms with Gasteiger partial charge in [-0.1, -0.05) is 51.1 Å². The van der Waals surface area contributed by atoms with Gasteiger partial charge in [0.15, 0.2) is 11.9 Å². The van der Waals surface area contributed by atoms with Crippen LogP contribution in [0.25, 0.3) is 5.82 Å². The second-order valence-corrected chi connectivity index (χ2v) is 11.3. The lowest BCUT2D eigenvalue weighted by atomic mass is 9.75. The highest BCUT2D eigenvalue weighted by molar-refractivity contribution is 5.98. The Morgan fingerprint density at radius 3 is 2.46 bits per heavy atom. The number of aromatic nitrogens is 3. The molecule has 0 spiro atoms. The van der Waals surface area contributed by atoms with E-state index in [1.165, 1.54) is 16.9 Å². The van der Waals surface area contributed by atoms with Crippen LogP contribution in [0, 0.1) is 16.5 Å². The van der Waals surface area contributed by atoms with Crippen molar-refractivity contribution in [1.82, 2.24) is 24.7 Å². The van der Waals surface area contributed by atoms with Gasteiger partial charge in [0.05, 0.1) is 17.3 Å². The largest absolute Gasteiger partial charge is 0.756 e. The Morgan fingerprint density at radius 1 is 1.13 bits per heavy atom. The Kier molecular flexibility index (Phi) is 8.79. The molecule has 3 heterocycles. The highest BCUT2D eigenvalue weighted by Crippen LogP contribution is 2.34. The number of rotatable bonds is 9. The fourth-order valence-electron chi connectivity index (χ4n) is 5.13. The zero-order valence-corrected chi connectivity index (χ0v) is 22.7. The van der Waals surface area contributed by atoms with Gasteiger partial charge < -0.3 is 21.1 Å². The first-order valence-electron chi connectivity index (χ1n) is 13.3. The van der Waals surface area contributed by atoms with Crippen molar-refractivity contribution in [2.75, 3.05) is 13.1 Å². The monoisotopic (exact) mass is 533 g/mol. The first kappa shape index (κ1) is 28.4. The average molecular weight is 534 g/mol. The number of hydrogen-bond donors (Lipinski definition) is 2. The molecule has 0 saturated carbocycles. The normalized spacial score (nSPS) is 16.5. The molecule has 208 valence electrons. The predicted octanol–water partition coefficient (Wildman–Crippen LogP) is 2.92. The summed E-state index contributed by atoms with van der Waals surface area (Å²) >= 11 is 0. The number of nitrogens with two attached hydrogens (primary N) is 1. The molecular formula is C29H37N6O4-. The summed E-state index contributed by atoms with van der Waals surface area (Å²) in [5.74, 6) is -1.14. The number of carbonyl (C=O) groups excluding carboxylic acids is 2. The molecule has 0 aliphatic carbocycles.